The van der Waals surface area contributed by atoms with E-state index in [0.29, 0.717) is 27.7 Å². The molecule has 0 unspecified atom stereocenters. The van der Waals surface area contributed by atoms with Crippen molar-refractivity contribution in [3.63, 3.8) is 0 Å². The minimum Gasteiger partial charge on any atom is -0.463 e. The molecule has 6 nitrogen and oxygen atoms in total. The summed E-state index contributed by atoms with van der Waals surface area (Å²) in [5.74, 6) is 0.716. The van der Waals surface area contributed by atoms with E-state index in [1.807, 2.05) is 12.1 Å². The third-order valence-corrected chi connectivity index (χ3v) is 3.98. The van der Waals surface area contributed by atoms with Crippen LogP contribution >= 0.6 is 11.8 Å². The number of rotatable bonds is 5. The number of amides is 1. The van der Waals surface area contributed by atoms with Crippen LogP contribution in [-0.4, -0.2) is 21.9 Å². The molecular weight excluding hydrogens is 324 g/mol. The van der Waals surface area contributed by atoms with Crippen molar-refractivity contribution in [2.24, 2.45) is 0 Å². The largest absolute Gasteiger partial charge is 0.463 e. The van der Waals surface area contributed by atoms with Crippen LogP contribution < -0.4 is 5.32 Å². The maximum atomic E-state index is 11.9. The second kappa shape index (κ2) is 7.44. The Hall–Kier alpha value is -3.11. The molecule has 1 N–H and O–H groups in total. The van der Waals surface area contributed by atoms with Gasteiger partial charge in [0.05, 0.1) is 23.6 Å². The molecule has 2 aromatic heterocycles. The van der Waals surface area contributed by atoms with Crippen molar-refractivity contribution in [2.75, 3.05) is 11.1 Å². The first-order valence-corrected chi connectivity index (χ1v) is 8.03. The third-order valence-electron chi connectivity index (χ3n) is 3.06. The second-order valence-corrected chi connectivity index (χ2v) is 5.76. The van der Waals surface area contributed by atoms with Gasteiger partial charge in [0.15, 0.2) is 5.76 Å². The molecule has 0 bridgehead atoms. The van der Waals surface area contributed by atoms with E-state index >= 15 is 0 Å². The normalized spacial score (nSPS) is 10.1. The Balaban J connectivity index is 1.53. The van der Waals surface area contributed by atoms with Gasteiger partial charge in [-0.1, -0.05) is 11.8 Å². The Morgan fingerprint density at radius 1 is 1.17 bits per heavy atom. The Morgan fingerprint density at radius 2 is 2.00 bits per heavy atom. The van der Waals surface area contributed by atoms with Gasteiger partial charge in [-0.3, -0.25) is 4.79 Å². The van der Waals surface area contributed by atoms with Crippen molar-refractivity contribution >= 4 is 23.4 Å². The van der Waals surface area contributed by atoms with Gasteiger partial charge in [0.2, 0.25) is 5.91 Å². The molecule has 0 aliphatic rings. The number of aromatic nitrogens is 2. The lowest BCUT2D eigenvalue weighted by molar-refractivity contribution is -0.113. The molecule has 3 aromatic rings. The highest BCUT2D eigenvalue weighted by Crippen LogP contribution is 2.20. The van der Waals surface area contributed by atoms with Crippen LogP contribution in [0.5, 0.6) is 0 Å². The molecular formula is C17H12N4O2S. The van der Waals surface area contributed by atoms with Crippen molar-refractivity contribution in [2.45, 2.75) is 5.03 Å². The van der Waals surface area contributed by atoms with Gasteiger partial charge < -0.3 is 9.73 Å². The highest BCUT2D eigenvalue weighted by Gasteiger charge is 2.07. The molecule has 0 saturated heterocycles. The monoisotopic (exact) mass is 336 g/mol. The number of thioether (sulfide) groups is 1. The summed E-state index contributed by atoms with van der Waals surface area (Å²) in [6.07, 6.45) is 1.58. The van der Waals surface area contributed by atoms with Crippen molar-refractivity contribution in [3.8, 4) is 17.5 Å². The summed E-state index contributed by atoms with van der Waals surface area (Å²) in [6.45, 7) is 0. The SMILES string of the molecule is N#Cc1ccc(NC(=O)CSc2ccc(-c3ccco3)nn2)cc1. The van der Waals surface area contributed by atoms with E-state index in [9.17, 15) is 4.79 Å². The zero-order valence-corrected chi connectivity index (χ0v) is 13.3. The molecule has 0 aliphatic carbocycles. The van der Waals surface area contributed by atoms with E-state index < -0.39 is 0 Å². The number of anilines is 1. The number of nitrogens with one attached hydrogen (secondary N) is 1. The first kappa shape index (κ1) is 15.8. The van der Waals surface area contributed by atoms with Gasteiger partial charge in [0.25, 0.3) is 0 Å². The minimum absolute atomic E-state index is 0.151. The number of benzene rings is 1. The van der Waals surface area contributed by atoms with Crippen LogP contribution in [0.1, 0.15) is 5.56 Å². The standard InChI is InChI=1S/C17H12N4O2S/c18-10-12-3-5-13(6-4-12)19-16(22)11-24-17-8-7-14(20-21-17)15-2-1-9-23-15/h1-9H,11H2,(H,19,22). The Kier molecular flexibility index (Phi) is 4.89. The molecule has 0 aliphatic heterocycles. The summed E-state index contributed by atoms with van der Waals surface area (Å²) >= 11 is 1.29. The lowest BCUT2D eigenvalue weighted by atomic mass is 10.2. The predicted octanol–water partition coefficient (Wildman–Crippen LogP) is 3.34. The van der Waals surface area contributed by atoms with E-state index in [-0.39, 0.29) is 11.7 Å². The molecule has 0 saturated carbocycles. The van der Waals surface area contributed by atoms with E-state index in [1.165, 1.54) is 11.8 Å². The molecule has 0 radical (unpaired) electrons. The Labute approximate surface area is 142 Å². The fourth-order valence-corrected chi connectivity index (χ4v) is 2.53. The molecule has 118 valence electrons. The summed E-state index contributed by atoms with van der Waals surface area (Å²) in [6, 6.07) is 15.9. The van der Waals surface area contributed by atoms with Gasteiger partial charge >= 0.3 is 0 Å². The lowest BCUT2D eigenvalue weighted by Crippen LogP contribution is -2.14. The van der Waals surface area contributed by atoms with Gasteiger partial charge in [-0.25, -0.2) is 0 Å². The number of nitrogens with zero attached hydrogens (tertiary/aromatic N) is 3. The molecule has 0 atom stereocenters. The van der Waals surface area contributed by atoms with Crippen LogP contribution in [0.2, 0.25) is 0 Å². The molecule has 7 heteroatoms. The van der Waals surface area contributed by atoms with Crippen LogP contribution in [-0.2, 0) is 4.79 Å². The summed E-state index contributed by atoms with van der Waals surface area (Å²) in [7, 11) is 0. The van der Waals surface area contributed by atoms with Gasteiger partial charge in [-0.2, -0.15) is 5.26 Å². The summed E-state index contributed by atoms with van der Waals surface area (Å²) in [4.78, 5) is 11.9. The summed E-state index contributed by atoms with van der Waals surface area (Å²) < 4.78 is 5.25. The fraction of sp³-hybridized carbons (Fsp3) is 0.0588. The number of nitriles is 1. The zero-order valence-electron chi connectivity index (χ0n) is 12.5. The molecule has 3 rings (SSSR count). The highest BCUT2D eigenvalue weighted by atomic mass is 32.2. The zero-order chi connectivity index (χ0) is 16.8. The number of hydrogen-bond acceptors (Lipinski definition) is 6. The third kappa shape index (κ3) is 4.00. The van der Waals surface area contributed by atoms with Gasteiger partial charge in [-0.15, -0.1) is 10.2 Å². The Morgan fingerprint density at radius 3 is 2.62 bits per heavy atom. The number of carbonyl (C=O) groups is 1. The quantitative estimate of drug-likeness (QED) is 0.718. The maximum absolute atomic E-state index is 11.9. The second-order valence-electron chi connectivity index (χ2n) is 4.76. The van der Waals surface area contributed by atoms with Crippen LogP contribution in [0.4, 0.5) is 5.69 Å². The number of furan rings is 1. The van der Waals surface area contributed by atoms with Crippen molar-refractivity contribution in [3.05, 3.63) is 60.4 Å². The Bertz CT molecular complexity index is 853. The van der Waals surface area contributed by atoms with E-state index in [1.54, 1.807) is 48.7 Å². The van der Waals surface area contributed by atoms with E-state index in [2.05, 4.69) is 15.5 Å². The molecule has 2 heterocycles. The molecule has 0 spiro atoms. The van der Waals surface area contributed by atoms with E-state index in [4.69, 9.17) is 9.68 Å². The van der Waals surface area contributed by atoms with Gasteiger partial charge in [0.1, 0.15) is 10.7 Å². The van der Waals surface area contributed by atoms with Crippen LogP contribution in [0.15, 0.2) is 64.2 Å². The molecule has 1 amide bonds. The average Bonchev–Trinajstić information content (AvgIpc) is 3.16. The highest BCUT2D eigenvalue weighted by molar-refractivity contribution is 7.99. The smallest absolute Gasteiger partial charge is 0.234 e. The number of carbonyl (C=O) groups excluding carboxylic acids is 1. The number of hydrogen-bond donors (Lipinski definition) is 1. The van der Waals surface area contributed by atoms with Crippen molar-refractivity contribution in [1.82, 2.24) is 10.2 Å². The average molecular weight is 336 g/mol. The van der Waals surface area contributed by atoms with Crippen molar-refractivity contribution < 1.29 is 9.21 Å². The molecule has 24 heavy (non-hydrogen) atoms. The topological polar surface area (TPSA) is 91.8 Å². The summed E-state index contributed by atoms with van der Waals surface area (Å²) in [5, 5.41) is 20.3. The van der Waals surface area contributed by atoms with Crippen LogP contribution in [0.25, 0.3) is 11.5 Å². The summed E-state index contributed by atoms with van der Waals surface area (Å²) in [5.41, 5.74) is 1.85. The maximum Gasteiger partial charge on any atom is 0.234 e. The van der Waals surface area contributed by atoms with Crippen molar-refractivity contribution in [1.29, 1.82) is 5.26 Å². The first-order valence-electron chi connectivity index (χ1n) is 7.05. The van der Waals surface area contributed by atoms with Crippen LogP contribution in [0, 0.1) is 11.3 Å². The molecule has 0 fully saturated rings. The molecule has 1 aromatic carbocycles. The predicted molar refractivity (Wildman–Crippen MR) is 90.2 cm³/mol. The first-order chi connectivity index (χ1) is 11.7. The van der Waals surface area contributed by atoms with Gasteiger partial charge in [0, 0.05) is 5.69 Å². The van der Waals surface area contributed by atoms with Crippen LogP contribution in [0.3, 0.4) is 0 Å². The van der Waals surface area contributed by atoms with E-state index in [0.717, 1.165) is 0 Å². The fourth-order valence-electron chi connectivity index (χ4n) is 1.92. The minimum atomic E-state index is -0.151. The lowest BCUT2D eigenvalue weighted by Gasteiger charge is -2.05. The van der Waals surface area contributed by atoms with Gasteiger partial charge in [-0.05, 0) is 48.5 Å².